The number of carbonyl (C=O) groups is 1. The molecule has 7 nitrogen and oxygen atoms in total. The highest BCUT2D eigenvalue weighted by atomic mass is 32.1. The highest BCUT2D eigenvalue weighted by Crippen LogP contribution is 2.44. The Bertz CT molecular complexity index is 3050. The number of benzene rings is 7. The lowest BCUT2D eigenvalue weighted by Crippen LogP contribution is -2.09. The van der Waals surface area contributed by atoms with E-state index in [0.29, 0.717) is 4.88 Å². The van der Waals surface area contributed by atoms with Crippen LogP contribution in [-0.4, -0.2) is 30.3 Å². The van der Waals surface area contributed by atoms with E-state index in [1.807, 2.05) is 48.5 Å². The van der Waals surface area contributed by atoms with Crippen LogP contribution in [0.25, 0.3) is 71.0 Å². The number of nitrogens with zero attached hydrogens (tertiary/aromatic N) is 3. The van der Waals surface area contributed by atoms with Gasteiger partial charge in [0, 0.05) is 32.4 Å². The van der Waals surface area contributed by atoms with Crippen molar-refractivity contribution in [1.29, 1.82) is 5.26 Å². The highest BCUT2D eigenvalue weighted by molar-refractivity contribution is 7.22. The summed E-state index contributed by atoms with van der Waals surface area (Å²) >= 11 is 3.11. The third kappa shape index (κ3) is 7.38. The molecule has 0 amide bonds. The molecular weight excluding hydrogens is 783 g/mol. The van der Waals surface area contributed by atoms with Crippen molar-refractivity contribution in [3.63, 3.8) is 0 Å². The van der Waals surface area contributed by atoms with Crippen molar-refractivity contribution in [2.24, 2.45) is 0 Å². The summed E-state index contributed by atoms with van der Waals surface area (Å²) in [6.45, 7) is 0. The predicted molar refractivity (Wildman–Crippen MR) is 248 cm³/mol. The van der Waals surface area contributed by atoms with Crippen LogP contribution >= 0.6 is 22.7 Å². The van der Waals surface area contributed by atoms with E-state index >= 15 is 0 Å². The van der Waals surface area contributed by atoms with Crippen LogP contribution in [0.15, 0.2) is 157 Å². The Kier molecular flexibility index (Phi) is 10.4. The van der Waals surface area contributed by atoms with Gasteiger partial charge in [-0.05, 0) is 129 Å². The SMILES string of the molecule is COc1ccc(N(c2ccc(/C=C/c3c4ccccc4c(-c4nc5ccc(-c6ccc(/C=C(/C#N)C(=O)O)s6)cc5s4)c4ccccc34)cc2)c2ccc(OC)cc2)cc1. The lowest BCUT2D eigenvalue weighted by atomic mass is 9.91. The van der Waals surface area contributed by atoms with Gasteiger partial charge in [0.15, 0.2) is 0 Å². The van der Waals surface area contributed by atoms with Crippen LogP contribution < -0.4 is 14.4 Å². The molecule has 0 unspecified atom stereocenters. The maximum atomic E-state index is 11.4. The number of ether oxygens (including phenoxy) is 2. The molecule has 0 aliphatic carbocycles. The zero-order valence-corrected chi connectivity index (χ0v) is 34.1. The fourth-order valence-electron chi connectivity index (χ4n) is 7.45. The number of anilines is 3. The van der Waals surface area contributed by atoms with Crippen LogP contribution in [0.5, 0.6) is 11.5 Å². The first-order valence-corrected chi connectivity index (χ1v) is 20.7. The Morgan fingerprint density at radius 2 is 1.25 bits per heavy atom. The summed E-state index contributed by atoms with van der Waals surface area (Å²) in [5.41, 5.74) is 7.98. The predicted octanol–water partition coefficient (Wildman–Crippen LogP) is 13.6. The summed E-state index contributed by atoms with van der Waals surface area (Å²) in [4.78, 5) is 20.5. The minimum absolute atomic E-state index is 0.292. The molecule has 9 rings (SSSR count). The van der Waals surface area contributed by atoms with E-state index in [1.165, 1.54) is 17.4 Å². The molecule has 9 heteroatoms. The van der Waals surface area contributed by atoms with E-state index in [0.717, 1.165) is 92.5 Å². The largest absolute Gasteiger partial charge is 0.497 e. The molecule has 9 aromatic rings. The normalized spacial score (nSPS) is 11.7. The molecule has 0 aliphatic heterocycles. The van der Waals surface area contributed by atoms with Gasteiger partial charge in [-0.15, -0.1) is 22.7 Å². The number of aromatic nitrogens is 1. The number of aliphatic carboxylic acids is 1. The van der Waals surface area contributed by atoms with Crippen LogP contribution in [0.1, 0.15) is 16.0 Å². The zero-order valence-electron chi connectivity index (χ0n) is 32.5. The van der Waals surface area contributed by atoms with Crippen molar-refractivity contribution in [2.75, 3.05) is 19.1 Å². The molecule has 7 aromatic carbocycles. The number of methoxy groups -OCH3 is 2. The lowest BCUT2D eigenvalue weighted by molar-refractivity contribution is -0.132. The summed E-state index contributed by atoms with van der Waals surface area (Å²) in [5, 5.41) is 24.0. The number of carboxylic acids is 1. The maximum absolute atomic E-state index is 11.4. The smallest absolute Gasteiger partial charge is 0.346 e. The van der Waals surface area contributed by atoms with E-state index in [2.05, 4.69) is 120 Å². The molecule has 0 spiro atoms. The first-order valence-electron chi connectivity index (χ1n) is 19.1. The van der Waals surface area contributed by atoms with Gasteiger partial charge in [0.05, 0.1) is 24.4 Å². The van der Waals surface area contributed by atoms with Gasteiger partial charge in [0.2, 0.25) is 0 Å². The number of thiophene rings is 1. The van der Waals surface area contributed by atoms with Crippen LogP contribution in [0.3, 0.4) is 0 Å². The third-order valence-corrected chi connectivity index (χ3v) is 12.5. The van der Waals surface area contributed by atoms with Crippen molar-refractivity contribution < 1.29 is 19.4 Å². The average Bonchev–Trinajstić information content (AvgIpc) is 3.95. The monoisotopic (exact) mass is 817 g/mol. The first-order chi connectivity index (χ1) is 29.4. The summed E-state index contributed by atoms with van der Waals surface area (Å²) in [5.74, 6) is 0.363. The fraction of sp³-hybridized carbons (Fsp3) is 0.0392. The molecule has 0 bridgehead atoms. The summed E-state index contributed by atoms with van der Waals surface area (Å²) in [6, 6.07) is 53.5. The van der Waals surface area contributed by atoms with Crippen LogP contribution in [0.2, 0.25) is 0 Å². The molecule has 0 atom stereocenters. The first kappa shape index (κ1) is 38.0. The second-order valence-electron chi connectivity index (χ2n) is 13.9. The number of hydrogen-bond donors (Lipinski definition) is 1. The Morgan fingerprint density at radius 3 is 1.80 bits per heavy atom. The standard InChI is InChI=1S/C51H35N3O4S2/c1-57-38-21-17-36(18-22-38)54(37-19-23-39(58-2)24-20-37)35-15-11-32(12-16-35)13-26-43-41-7-3-5-9-44(41)49(45-10-6-4-8-42(43)45)50-53-46-27-14-33(30-48(46)60-50)47-28-25-40(59-47)29-34(31-52)51(55)56/h3-30H,1-2H3,(H,55,56)/b26-13+,34-29-. The van der Waals surface area contributed by atoms with Gasteiger partial charge in [0.1, 0.15) is 28.1 Å². The molecule has 0 saturated carbocycles. The van der Waals surface area contributed by atoms with Crippen LogP contribution in [0.4, 0.5) is 17.1 Å². The molecule has 2 aromatic heterocycles. The molecular formula is C51H35N3O4S2. The van der Waals surface area contributed by atoms with Crippen molar-refractivity contribution in [3.05, 3.63) is 173 Å². The van der Waals surface area contributed by atoms with Gasteiger partial charge in [0.25, 0.3) is 0 Å². The van der Waals surface area contributed by atoms with Crippen molar-refractivity contribution >= 4 is 95.7 Å². The van der Waals surface area contributed by atoms with E-state index in [4.69, 9.17) is 14.5 Å². The second kappa shape index (κ2) is 16.4. The Morgan fingerprint density at radius 1 is 0.683 bits per heavy atom. The summed E-state index contributed by atoms with van der Waals surface area (Å²) in [7, 11) is 3.35. The molecule has 0 radical (unpaired) electrons. The van der Waals surface area contributed by atoms with Gasteiger partial charge in [-0.3, -0.25) is 0 Å². The second-order valence-corrected chi connectivity index (χ2v) is 16.1. The van der Waals surface area contributed by atoms with E-state index in [1.54, 1.807) is 31.6 Å². The highest BCUT2D eigenvalue weighted by Gasteiger charge is 2.18. The molecule has 2 heterocycles. The number of hydrogen-bond acceptors (Lipinski definition) is 8. The van der Waals surface area contributed by atoms with Crippen molar-refractivity contribution in [2.45, 2.75) is 0 Å². The number of thiazole rings is 1. The Labute approximate surface area is 354 Å². The van der Waals surface area contributed by atoms with E-state index in [9.17, 15) is 15.2 Å². The minimum Gasteiger partial charge on any atom is -0.497 e. The molecule has 1 N–H and O–H groups in total. The number of carboxylic acid groups (broad SMARTS) is 1. The van der Waals surface area contributed by atoms with Gasteiger partial charge < -0.3 is 19.5 Å². The van der Waals surface area contributed by atoms with Gasteiger partial charge in [-0.2, -0.15) is 5.26 Å². The van der Waals surface area contributed by atoms with Crippen LogP contribution in [-0.2, 0) is 4.79 Å². The quantitative estimate of drug-likeness (QED) is 0.0601. The van der Waals surface area contributed by atoms with Gasteiger partial charge in [-0.1, -0.05) is 78.9 Å². The van der Waals surface area contributed by atoms with E-state index < -0.39 is 5.97 Å². The fourth-order valence-corrected chi connectivity index (χ4v) is 9.48. The minimum atomic E-state index is -1.24. The molecule has 0 aliphatic rings. The summed E-state index contributed by atoms with van der Waals surface area (Å²) in [6.07, 6.45) is 5.81. The summed E-state index contributed by atoms with van der Waals surface area (Å²) < 4.78 is 11.9. The van der Waals surface area contributed by atoms with Crippen LogP contribution in [0, 0.1) is 11.3 Å². The molecule has 0 fully saturated rings. The average molecular weight is 818 g/mol. The molecule has 290 valence electrons. The topological polar surface area (TPSA) is 95.7 Å². The van der Waals surface area contributed by atoms with Crippen molar-refractivity contribution in [1.82, 2.24) is 4.98 Å². The molecule has 0 saturated heterocycles. The zero-order chi connectivity index (χ0) is 41.2. The van der Waals surface area contributed by atoms with Gasteiger partial charge in [-0.25, -0.2) is 9.78 Å². The number of rotatable bonds is 11. The maximum Gasteiger partial charge on any atom is 0.346 e. The number of fused-ring (bicyclic) bond motifs is 3. The van der Waals surface area contributed by atoms with Crippen molar-refractivity contribution in [3.8, 4) is 38.6 Å². The third-order valence-electron chi connectivity index (χ3n) is 10.4. The molecule has 60 heavy (non-hydrogen) atoms. The van der Waals surface area contributed by atoms with E-state index in [-0.39, 0.29) is 5.57 Å². The Hall–Kier alpha value is -7.51. The Balaban J connectivity index is 1.07. The number of nitriles is 1. The lowest BCUT2D eigenvalue weighted by Gasteiger charge is -2.26. The van der Waals surface area contributed by atoms with Gasteiger partial charge >= 0.3 is 5.97 Å².